The van der Waals surface area contributed by atoms with Crippen LogP contribution in [-0.2, 0) is 6.54 Å². The van der Waals surface area contributed by atoms with Crippen LogP contribution in [-0.4, -0.2) is 23.0 Å². The molecule has 3 heteroatoms. The first-order chi connectivity index (χ1) is 10.7. The molecular formula is C19H21FN2. The topological polar surface area (TPSA) is 29.3 Å². The van der Waals surface area contributed by atoms with Gasteiger partial charge in [0.2, 0.25) is 0 Å². The number of halogens is 1. The van der Waals surface area contributed by atoms with Gasteiger partial charge in [-0.05, 0) is 36.1 Å². The van der Waals surface area contributed by atoms with E-state index in [0.29, 0.717) is 18.0 Å². The fourth-order valence-corrected chi connectivity index (χ4v) is 4.37. The van der Waals surface area contributed by atoms with E-state index in [1.165, 1.54) is 24.0 Å². The van der Waals surface area contributed by atoms with E-state index in [1.807, 2.05) is 12.1 Å². The van der Waals surface area contributed by atoms with E-state index in [9.17, 15) is 4.39 Å². The predicted octanol–water partition coefficient (Wildman–Crippen LogP) is 3.28. The van der Waals surface area contributed by atoms with Crippen molar-refractivity contribution in [3.05, 3.63) is 71.5 Å². The minimum atomic E-state index is -0.179. The minimum Gasteiger partial charge on any atom is -0.326 e. The van der Waals surface area contributed by atoms with Crippen molar-refractivity contribution in [2.45, 2.75) is 43.4 Å². The molecule has 114 valence electrons. The maximum absolute atomic E-state index is 13.2. The molecule has 2 saturated heterocycles. The Hall–Kier alpha value is -1.71. The summed E-state index contributed by atoms with van der Waals surface area (Å²) in [4.78, 5) is 2.56. The van der Waals surface area contributed by atoms with Crippen LogP contribution in [0.5, 0.6) is 0 Å². The number of nitrogens with two attached hydrogens (primary N) is 1. The van der Waals surface area contributed by atoms with Crippen LogP contribution in [0.2, 0.25) is 0 Å². The van der Waals surface area contributed by atoms with Crippen LogP contribution >= 0.6 is 0 Å². The molecule has 2 nitrogen and oxygen atoms in total. The van der Waals surface area contributed by atoms with Crippen molar-refractivity contribution in [1.82, 2.24) is 4.90 Å². The Morgan fingerprint density at radius 2 is 1.64 bits per heavy atom. The molecule has 0 radical (unpaired) electrons. The molecular weight excluding hydrogens is 275 g/mol. The predicted molar refractivity (Wildman–Crippen MR) is 85.9 cm³/mol. The third-order valence-corrected chi connectivity index (χ3v) is 5.35. The van der Waals surface area contributed by atoms with Gasteiger partial charge in [0.05, 0.1) is 0 Å². The van der Waals surface area contributed by atoms with Gasteiger partial charge >= 0.3 is 0 Å². The third-order valence-electron chi connectivity index (χ3n) is 5.35. The number of hydrogen-bond donors (Lipinski definition) is 1. The normalized spacial score (nSPS) is 30.8. The Bertz CT molecular complexity index is 640. The molecule has 2 N–H and O–H groups in total. The van der Waals surface area contributed by atoms with E-state index in [0.717, 1.165) is 6.54 Å². The summed E-state index contributed by atoms with van der Waals surface area (Å²) in [7, 11) is 0. The lowest BCUT2D eigenvalue weighted by molar-refractivity contribution is 0.236. The van der Waals surface area contributed by atoms with E-state index in [-0.39, 0.29) is 11.9 Å². The average Bonchev–Trinajstić information content (AvgIpc) is 3.04. The highest BCUT2D eigenvalue weighted by molar-refractivity contribution is 5.30. The lowest BCUT2D eigenvalue weighted by atomic mass is 9.80. The molecule has 2 aliphatic heterocycles. The number of rotatable bonds is 3. The largest absolute Gasteiger partial charge is 0.326 e. The van der Waals surface area contributed by atoms with Crippen molar-refractivity contribution in [2.75, 3.05) is 0 Å². The van der Waals surface area contributed by atoms with E-state index in [1.54, 1.807) is 12.1 Å². The molecule has 0 aliphatic carbocycles. The highest BCUT2D eigenvalue weighted by atomic mass is 19.1. The van der Waals surface area contributed by atoms with E-state index in [2.05, 4.69) is 35.2 Å². The molecule has 2 aromatic rings. The fourth-order valence-electron chi connectivity index (χ4n) is 4.37. The summed E-state index contributed by atoms with van der Waals surface area (Å²) in [5.74, 6) is 0.143. The summed E-state index contributed by atoms with van der Waals surface area (Å²) >= 11 is 0. The molecule has 2 aromatic carbocycles. The summed E-state index contributed by atoms with van der Waals surface area (Å²) in [5.41, 5.74) is 9.06. The molecule has 0 saturated carbocycles. The Labute approximate surface area is 130 Å². The first kappa shape index (κ1) is 13.9. The summed E-state index contributed by atoms with van der Waals surface area (Å²) in [6.45, 7) is 0.960. The van der Waals surface area contributed by atoms with Crippen LogP contribution in [0.25, 0.3) is 0 Å². The van der Waals surface area contributed by atoms with Gasteiger partial charge in [-0.15, -0.1) is 0 Å². The van der Waals surface area contributed by atoms with E-state index in [4.69, 9.17) is 5.73 Å². The zero-order chi connectivity index (χ0) is 15.1. The Kier molecular flexibility index (Phi) is 3.47. The second-order valence-electron chi connectivity index (χ2n) is 6.52. The molecule has 0 amide bonds. The van der Waals surface area contributed by atoms with Gasteiger partial charge < -0.3 is 5.73 Å². The lowest BCUT2D eigenvalue weighted by Crippen LogP contribution is -2.39. The number of fused-ring (bicyclic) bond motifs is 2. The van der Waals surface area contributed by atoms with Crippen LogP contribution in [0, 0.1) is 5.82 Å². The summed E-state index contributed by atoms with van der Waals surface area (Å²) in [5, 5.41) is 0. The van der Waals surface area contributed by atoms with Crippen molar-refractivity contribution in [1.29, 1.82) is 0 Å². The first-order valence-corrected chi connectivity index (χ1v) is 8.05. The molecule has 0 aromatic heterocycles. The van der Waals surface area contributed by atoms with Crippen molar-refractivity contribution < 1.29 is 4.39 Å². The Morgan fingerprint density at radius 3 is 2.36 bits per heavy atom. The standard InChI is InChI=1S/C19H21FN2/c20-15-8-6-14(7-9-15)18-16-10-11-17(19(18)21)22(16)12-13-4-2-1-3-5-13/h1-9,16-19H,10-12,21H2/t16-,17-,18-,19-/m1/s1. The molecule has 0 unspecified atom stereocenters. The molecule has 4 atom stereocenters. The smallest absolute Gasteiger partial charge is 0.123 e. The zero-order valence-electron chi connectivity index (χ0n) is 12.5. The quantitative estimate of drug-likeness (QED) is 0.942. The van der Waals surface area contributed by atoms with E-state index >= 15 is 0 Å². The van der Waals surface area contributed by atoms with Gasteiger partial charge in [-0.25, -0.2) is 4.39 Å². The third kappa shape index (κ3) is 2.25. The molecule has 2 bridgehead atoms. The Balaban J connectivity index is 1.60. The van der Waals surface area contributed by atoms with E-state index < -0.39 is 0 Å². The number of benzene rings is 2. The average molecular weight is 296 g/mol. The maximum Gasteiger partial charge on any atom is 0.123 e. The van der Waals surface area contributed by atoms with Gasteiger partial charge in [0.25, 0.3) is 0 Å². The van der Waals surface area contributed by atoms with Crippen molar-refractivity contribution >= 4 is 0 Å². The van der Waals surface area contributed by atoms with Gasteiger partial charge in [0.15, 0.2) is 0 Å². The lowest BCUT2D eigenvalue weighted by Gasteiger charge is -2.26. The molecule has 2 aliphatic rings. The second kappa shape index (κ2) is 5.49. The van der Waals surface area contributed by atoms with Crippen LogP contribution in [0.3, 0.4) is 0 Å². The van der Waals surface area contributed by atoms with Crippen molar-refractivity contribution in [3.8, 4) is 0 Å². The monoisotopic (exact) mass is 296 g/mol. The SMILES string of the molecule is N[C@H]1[C@H](c2ccc(F)cc2)[C@H]2CC[C@H]1N2Cc1ccccc1. The highest BCUT2D eigenvalue weighted by Crippen LogP contribution is 2.46. The number of nitrogens with zero attached hydrogens (tertiary/aromatic N) is 1. The van der Waals surface area contributed by atoms with Crippen LogP contribution in [0.4, 0.5) is 4.39 Å². The maximum atomic E-state index is 13.2. The molecule has 2 heterocycles. The zero-order valence-corrected chi connectivity index (χ0v) is 12.5. The van der Waals surface area contributed by atoms with Crippen LogP contribution in [0.15, 0.2) is 54.6 Å². The fraction of sp³-hybridized carbons (Fsp3) is 0.368. The second-order valence-corrected chi connectivity index (χ2v) is 6.52. The van der Waals surface area contributed by atoms with Gasteiger partial charge in [-0.3, -0.25) is 4.90 Å². The summed E-state index contributed by atoms with van der Waals surface area (Å²) in [6.07, 6.45) is 2.36. The summed E-state index contributed by atoms with van der Waals surface area (Å²) < 4.78 is 13.2. The molecule has 4 rings (SSSR count). The van der Waals surface area contributed by atoms with Crippen LogP contribution < -0.4 is 5.73 Å². The van der Waals surface area contributed by atoms with Gasteiger partial charge in [-0.2, -0.15) is 0 Å². The first-order valence-electron chi connectivity index (χ1n) is 8.05. The van der Waals surface area contributed by atoms with Crippen molar-refractivity contribution in [3.63, 3.8) is 0 Å². The molecule has 2 fully saturated rings. The summed E-state index contributed by atoms with van der Waals surface area (Å²) in [6, 6.07) is 18.6. The van der Waals surface area contributed by atoms with Crippen LogP contribution in [0.1, 0.15) is 29.9 Å². The molecule has 22 heavy (non-hydrogen) atoms. The molecule has 0 spiro atoms. The minimum absolute atomic E-state index is 0.146. The number of hydrogen-bond acceptors (Lipinski definition) is 2. The highest BCUT2D eigenvalue weighted by Gasteiger charge is 2.51. The van der Waals surface area contributed by atoms with Gasteiger partial charge in [-0.1, -0.05) is 42.5 Å². The van der Waals surface area contributed by atoms with Gasteiger partial charge in [0, 0.05) is 30.6 Å². The Morgan fingerprint density at radius 1 is 0.955 bits per heavy atom. The van der Waals surface area contributed by atoms with Gasteiger partial charge in [0.1, 0.15) is 5.82 Å². The van der Waals surface area contributed by atoms with Crippen molar-refractivity contribution in [2.24, 2.45) is 5.73 Å².